The Morgan fingerprint density at radius 1 is 0.848 bits per heavy atom. The first-order valence-electron chi connectivity index (χ1n) is 14.7. The number of halogens is 5. The third kappa shape index (κ3) is 8.80. The molecule has 1 atom stereocenters. The van der Waals surface area contributed by atoms with Gasteiger partial charge in [-0.3, -0.25) is 4.90 Å². The first-order valence-corrected chi connectivity index (χ1v) is 14.7. The van der Waals surface area contributed by atoms with E-state index in [9.17, 15) is 22.8 Å². The first kappa shape index (κ1) is 36.4. The molecule has 250 valence electrons. The van der Waals surface area contributed by atoms with E-state index >= 15 is 8.78 Å². The molecule has 0 spiro atoms. The Hall–Kier alpha value is -4.07. The van der Waals surface area contributed by atoms with E-state index in [1.54, 1.807) is 6.08 Å². The number of hydrogen-bond acceptors (Lipinski definition) is 8. The molecule has 0 aromatic heterocycles. The van der Waals surface area contributed by atoms with Crippen molar-refractivity contribution in [3.8, 4) is 0 Å². The summed E-state index contributed by atoms with van der Waals surface area (Å²) >= 11 is 0. The van der Waals surface area contributed by atoms with Crippen molar-refractivity contribution < 1.29 is 50.5 Å². The molecule has 1 aliphatic heterocycles. The molecule has 0 saturated carbocycles. The largest absolute Gasteiger partial charge is 0.463 e. The maximum absolute atomic E-state index is 15.2. The van der Waals surface area contributed by atoms with Crippen LogP contribution < -0.4 is 5.32 Å². The van der Waals surface area contributed by atoms with Gasteiger partial charge in [-0.25, -0.2) is 31.5 Å². The number of hydrogen-bond donors (Lipinski definition) is 1. The van der Waals surface area contributed by atoms with Crippen molar-refractivity contribution >= 4 is 11.9 Å². The zero-order valence-electron chi connectivity index (χ0n) is 25.9. The van der Waals surface area contributed by atoms with Gasteiger partial charge < -0.3 is 24.3 Å². The van der Waals surface area contributed by atoms with Crippen molar-refractivity contribution in [2.45, 2.75) is 33.2 Å². The van der Waals surface area contributed by atoms with Crippen LogP contribution in [-0.4, -0.2) is 69.6 Å². The Morgan fingerprint density at radius 2 is 1.41 bits per heavy atom. The van der Waals surface area contributed by atoms with Crippen molar-refractivity contribution in [2.24, 2.45) is 0 Å². The zero-order chi connectivity index (χ0) is 33.8. The van der Waals surface area contributed by atoms with E-state index in [1.807, 2.05) is 30.3 Å². The fourth-order valence-electron chi connectivity index (χ4n) is 4.95. The molecule has 0 bridgehead atoms. The highest BCUT2D eigenvalue weighted by Crippen LogP contribution is 2.43. The SMILES string of the molecule is C=CCN(CCOCCOCC1=C(C(=O)OCC)C(c2c(F)c(F)c(F)c(F)c2F)C(C(=O)OCC)=C(C)N1)Cc1ccccc1. The van der Waals surface area contributed by atoms with Crippen LogP contribution >= 0.6 is 0 Å². The normalized spacial score (nSPS) is 14.8. The minimum Gasteiger partial charge on any atom is -0.463 e. The number of allylic oxidation sites excluding steroid dienone is 1. The van der Waals surface area contributed by atoms with Gasteiger partial charge in [-0.2, -0.15) is 0 Å². The molecular formula is C33H37F5N2O6. The van der Waals surface area contributed by atoms with Crippen molar-refractivity contribution in [1.82, 2.24) is 10.2 Å². The third-order valence-electron chi connectivity index (χ3n) is 6.97. The van der Waals surface area contributed by atoms with Gasteiger partial charge in [-0.05, 0) is 26.3 Å². The van der Waals surface area contributed by atoms with Gasteiger partial charge in [-0.15, -0.1) is 6.58 Å². The van der Waals surface area contributed by atoms with Crippen LogP contribution in [0.3, 0.4) is 0 Å². The van der Waals surface area contributed by atoms with E-state index in [-0.39, 0.29) is 44.4 Å². The summed E-state index contributed by atoms with van der Waals surface area (Å²) in [5.74, 6) is -15.6. The van der Waals surface area contributed by atoms with Crippen LogP contribution in [0, 0.1) is 29.1 Å². The zero-order valence-corrected chi connectivity index (χ0v) is 25.9. The molecule has 0 fully saturated rings. The first-order chi connectivity index (χ1) is 22.1. The number of benzene rings is 2. The molecule has 1 unspecified atom stereocenters. The number of esters is 2. The molecule has 8 nitrogen and oxygen atoms in total. The smallest absolute Gasteiger partial charge is 0.336 e. The van der Waals surface area contributed by atoms with Gasteiger partial charge in [-0.1, -0.05) is 36.4 Å². The fraction of sp³-hybridized carbons (Fsp3) is 0.394. The number of carbonyl (C=O) groups is 2. The quantitative estimate of drug-likeness (QED) is 0.0604. The molecule has 0 saturated heterocycles. The van der Waals surface area contributed by atoms with Crippen molar-refractivity contribution in [3.63, 3.8) is 0 Å². The molecule has 0 radical (unpaired) electrons. The lowest BCUT2D eigenvalue weighted by Crippen LogP contribution is -2.36. The minimum absolute atomic E-state index is 0.0160. The van der Waals surface area contributed by atoms with Crippen LogP contribution in [-0.2, 0) is 35.1 Å². The summed E-state index contributed by atoms with van der Waals surface area (Å²) in [6.45, 7) is 9.76. The Labute approximate surface area is 264 Å². The van der Waals surface area contributed by atoms with E-state index in [0.717, 1.165) is 5.56 Å². The summed E-state index contributed by atoms with van der Waals surface area (Å²) in [4.78, 5) is 28.3. The van der Waals surface area contributed by atoms with Crippen LogP contribution in [0.25, 0.3) is 0 Å². The van der Waals surface area contributed by atoms with E-state index in [1.165, 1.54) is 20.8 Å². The molecule has 13 heteroatoms. The molecule has 1 heterocycles. The van der Waals surface area contributed by atoms with Crippen molar-refractivity contribution in [1.29, 1.82) is 0 Å². The lowest BCUT2D eigenvalue weighted by atomic mass is 9.79. The number of dihydropyridines is 1. The highest BCUT2D eigenvalue weighted by Gasteiger charge is 2.44. The number of nitrogens with one attached hydrogen (secondary N) is 1. The minimum atomic E-state index is -2.39. The monoisotopic (exact) mass is 652 g/mol. The third-order valence-corrected chi connectivity index (χ3v) is 6.97. The maximum Gasteiger partial charge on any atom is 0.336 e. The van der Waals surface area contributed by atoms with Crippen LogP contribution in [0.15, 0.2) is 65.5 Å². The van der Waals surface area contributed by atoms with Crippen LogP contribution in [0.2, 0.25) is 0 Å². The molecule has 2 aromatic carbocycles. The van der Waals surface area contributed by atoms with Gasteiger partial charge in [0.1, 0.15) is 0 Å². The van der Waals surface area contributed by atoms with Crippen LogP contribution in [0.4, 0.5) is 22.0 Å². The van der Waals surface area contributed by atoms with E-state index in [0.29, 0.717) is 26.2 Å². The number of nitrogens with zero attached hydrogens (tertiary/aromatic N) is 1. The molecule has 3 rings (SSSR count). The summed E-state index contributed by atoms with van der Waals surface area (Å²) in [5.41, 5.74) is -1.50. The van der Waals surface area contributed by atoms with Gasteiger partial charge in [0.25, 0.3) is 0 Å². The van der Waals surface area contributed by atoms with E-state index in [4.69, 9.17) is 18.9 Å². The Balaban J connectivity index is 1.82. The second-order valence-electron chi connectivity index (χ2n) is 10.1. The lowest BCUT2D eigenvalue weighted by Gasteiger charge is -2.32. The van der Waals surface area contributed by atoms with Crippen LogP contribution in [0.1, 0.15) is 37.8 Å². The number of ether oxygens (including phenoxy) is 4. The molecule has 46 heavy (non-hydrogen) atoms. The Morgan fingerprint density at radius 3 is 2.00 bits per heavy atom. The van der Waals surface area contributed by atoms with Crippen LogP contribution in [0.5, 0.6) is 0 Å². The predicted molar refractivity (Wildman–Crippen MR) is 159 cm³/mol. The summed E-state index contributed by atoms with van der Waals surface area (Å²) in [5, 5.41) is 2.80. The van der Waals surface area contributed by atoms with Gasteiger partial charge >= 0.3 is 11.9 Å². The lowest BCUT2D eigenvalue weighted by molar-refractivity contribution is -0.139. The van der Waals surface area contributed by atoms with Gasteiger partial charge in [0, 0.05) is 30.9 Å². The van der Waals surface area contributed by atoms with E-state index < -0.39 is 63.7 Å². The highest BCUT2D eigenvalue weighted by molar-refractivity contribution is 6.00. The standard InChI is InChI=1S/C33H37F5N2O6/c1-5-13-40(18-21-11-9-8-10-12-21)14-15-43-16-17-44-19-22-24(33(42)46-7-3)25(23(20(4)39-22)32(41)45-6-2)26-27(34)29(36)31(38)30(37)28(26)35/h5,8-12,25,39H,1,6-7,13-19H2,2-4H3. The molecule has 1 N–H and O–H groups in total. The summed E-state index contributed by atoms with van der Waals surface area (Å²) in [6.07, 6.45) is 1.79. The average molecular weight is 653 g/mol. The Bertz CT molecular complexity index is 1440. The van der Waals surface area contributed by atoms with Crippen molar-refractivity contribution in [3.05, 3.63) is 106 Å². The molecule has 0 amide bonds. The second kappa shape index (κ2) is 17.6. The molecule has 0 aliphatic carbocycles. The summed E-state index contributed by atoms with van der Waals surface area (Å²) in [7, 11) is 0. The van der Waals surface area contributed by atoms with E-state index in [2.05, 4.69) is 16.8 Å². The van der Waals surface area contributed by atoms with Gasteiger partial charge in [0.15, 0.2) is 23.3 Å². The van der Waals surface area contributed by atoms with Gasteiger partial charge in [0.2, 0.25) is 5.82 Å². The summed E-state index contributed by atoms with van der Waals surface area (Å²) < 4.78 is 94.5. The van der Waals surface area contributed by atoms with Gasteiger partial charge in [0.05, 0.1) is 62.4 Å². The second-order valence-corrected chi connectivity index (χ2v) is 10.1. The maximum atomic E-state index is 15.2. The predicted octanol–water partition coefficient (Wildman–Crippen LogP) is 5.44. The fourth-order valence-corrected chi connectivity index (χ4v) is 4.95. The number of rotatable bonds is 17. The topological polar surface area (TPSA) is 86.3 Å². The van der Waals surface area contributed by atoms with Crippen molar-refractivity contribution in [2.75, 3.05) is 52.7 Å². The number of carbonyl (C=O) groups excluding carboxylic acids is 2. The molecular weight excluding hydrogens is 615 g/mol. The molecule has 1 aliphatic rings. The highest BCUT2D eigenvalue weighted by atomic mass is 19.2. The Kier molecular flexibility index (Phi) is 13.9. The molecule has 2 aromatic rings. The summed E-state index contributed by atoms with van der Waals surface area (Å²) in [6, 6.07) is 9.90. The average Bonchev–Trinajstić information content (AvgIpc) is 3.03.